The maximum atomic E-state index is 9.11. The van der Waals surface area contributed by atoms with E-state index in [0.717, 1.165) is 16.7 Å². The van der Waals surface area contributed by atoms with Crippen LogP contribution in [0.2, 0.25) is 0 Å². The quantitative estimate of drug-likeness (QED) is 0.712. The molecular formula is C11H11BO3. The van der Waals surface area contributed by atoms with Crippen LogP contribution in [0.1, 0.15) is 5.56 Å². The van der Waals surface area contributed by atoms with Crippen molar-refractivity contribution < 1.29 is 14.5 Å². The van der Waals surface area contributed by atoms with Crippen molar-refractivity contribution in [2.45, 2.75) is 6.92 Å². The summed E-state index contributed by atoms with van der Waals surface area (Å²) < 4.78 is 5.04. The van der Waals surface area contributed by atoms with Crippen LogP contribution in [-0.2, 0) is 0 Å². The van der Waals surface area contributed by atoms with E-state index < -0.39 is 7.12 Å². The molecule has 0 aliphatic heterocycles. The van der Waals surface area contributed by atoms with Gasteiger partial charge in [0.1, 0.15) is 5.66 Å². The standard InChI is InChI=1S/C11H11BO3/c1-8-4-2-3-5-9(8)10-6-7-15-11(10)12(13)14/h2-7,13-14H,1H3. The van der Waals surface area contributed by atoms with Crippen molar-refractivity contribution in [3.63, 3.8) is 0 Å². The molecule has 3 nitrogen and oxygen atoms in total. The summed E-state index contributed by atoms with van der Waals surface area (Å²) in [6.45, 7) is 1.97. The minimum absolute atomic E-state index is 0.185. The molecule has 0 aliphatic rings. The Kier molecular flexibility index (Phi) is 2.62. The van der Waals surface area contributed by atoms with Crippen LogP contribution in [0, 0.1) is 6.92 Å². The Morgan fingerprint density at radius 3 is 2.47 bits per heavy atom. The second-order valence-electron chi connectivity index (χ2n) is 3.39. The molecule has 0 saturated heterocycles. The van der Waals surface area contributed by atoms with Crippen LogP contribution >= 0.6 is 0 Å². The number of hydrogen-bond acceptors (Lipinski definition) is 3. The van der Waals surface area contributed by atoms with Gasteiger partial charge in [0.25, 0.3) is 0 Å². The highest BCUT2D eigenvalue weighted by Crippen LogP contribution is 2.21. The number of aryl methyl sites for hydroxylation is 1. The lowest BCUT2D eigenvalue weighted by atomic mass is 9.82. The first-order valence-corrected chi connectivity index (χ1v) is 4.69. The van der Waals surface area contributed by atoms with Gasteiger partial charge in [0.2, 0.25) is 0 Å². The molecule has 15 heavy (non-hydrogen) atoms. The first-order valence-electron chi connectivity index (χ1n) is 4.69. The predicted octanol–water partition coefficient (Wildman–Crippen LogP) is 0.935. The van der Waals surface area contributed by atoms with Crippen molar-refractivity contribution in [1.82, 2.24) is 0 Å². The Morgan fingerprint density at radius 2 is 1.80 bits per heavy atom. The Balaban J connectivity index is 2.55. The summed E-state index contributed by atoms with van der Waals surface area (Å²) in [4.78, 5) is 0. The van der Waals surface area contributed by atoms with Gasteiger partial charge in [-0.2, -0.15) is 0 Å². The fraction of sp³-hybridized carbons (Fsp3) is 0.0909. The van der Waals surface area contributed by atoms with Gasteiger partial charge in [-0.1, -0.05) is 24.3 Å². The summed E-state index contributed by atoms with van der Waals surface area (Å²) >= 11 is 0. The highest BCUT2D eigenvalue weighted by molar-refractivity contribution is 6.58. The van der Waals surface area contributed by atoms with Gasteiger partial charge in [0, 0.05) is 5.56 Å². The van der Waals surface area contributed by atoms with Crippen LogP contribution < -0.4 is 5.66 Å². The maximum Gasteiger partial charge on any atom is 0.527 e. The van der Waals surface area contributed by atoms with E-state index in [9.17, 15) is 0 Å². The third-order valence-corrected chi connectivity index (χ3v) is 2.36. The van der Waals surface area contributed by atoms with Crippen molar-refractivity contribution in [3.05, 3.63) is 42.2 Å². The Labute approximate surface area is 88.1 Å². The first-order chi connectivity index (χ1) is 7.20. The van der Waals surface area contributed by atoms with Crippen molar-refractivity contribution in [2.75, 3.05) is 0 Å². The molecule has 0 unspecified atom stereocenters. The van der Waals surface area contributed by atoms with E-state index in [1.54, 1.807) is 6.07 Å². The highest BCUT2D eigenvalue weighted by atomic mass is 16.4. The molecule has 0 amide bonds. The monoisotopic (exact) mass is 202 g/mol. The third-order valence-electron chi connectivity index (χ3n) is 2.36. The number of rotatable bonds is 2. The molecule has 2 rings (SSSR count). The molecule has 0 radical (unpaired) electrons. The second kappa shape index (κ2) is 3.92. The lowest BCUT2D eigenvalue weighted by molar-refractivity contribution is 0.410. The van der Waals surface area contributed by atoms with Gasteiger partial charge in [0.05, 0.1) is 6.26 Å². The summed E-state index contributed by atoms with van der Waals surface area (Å²) in [7, 11) is -1.57. The summed E-state index contributed by atoms with van der Waals surface area (Å²) in [5, 5.41) is 18.2. The number of hydrogen-bond donors (Lipinski definition) is 2. The number of furan rings is 1. The summed E-state index contributed by atoms with van der Waals surface area (Å²) in [6, 6.07) is 9.47. The average Bonchev–Trinajstić information content (AvgIpc) is 2.67. The van der Waals surface area contributed by atoms with Gasteiger partial charge in [-0.3, -0.25) is 0 Å². The maximum absolute atomic E-state index is 9.11. The van der Waals surface area contributed by atoms with E-state index in [0.29, 0.717) is 0 Å². The normalized spacial score (nSPS) is 10.3. The van der Waals surface area contributed by atoms with Crippen molar-refractivity contribution in [3.8, 4) is 11.1 Å². The van der Waals surface area contributed by atoms with Gasteiger partial charge < -0.3 is 14.5 Å². The molecule has 2 N–H and O–H groups in total. The summed E-state index contributed by atoms with van der Waals surface area (Å²) in [6.07, 6.45) is 1.45. The van der Waals surface area contributed by atoms with Gasteiger partial charge >= 0.3 is 7.12 Å². The van der Waals surface area contributed by atoms with Gasteiger partial charge in [-0.15, -0.1) is 0 Å². The molecule has 0 fully saturated rings. The van der Waals surface area contributed by atoms with Gasteiger partial charge in [-0.05, 0) is 24.1 Å². The van der Waals surface area contributed by atoms with Gasteiger partial charge in [-0.25, -0.2) is 0 Å². The third kappa shape index (κ3) is 1.82. The lowest BCUT2D eigenvalue weighted by Gasteiger charge is -2.05. The van der Waals surface area contributed by atoms with Crippen LogP contribution in [0.5, 0.6) is 0 Å². The van der Waals surface area contributed by atoms with E-state index in [2.05, 4.69) is 0 Å². The molecule has 0 atom stereocenters. The Bertz CT molecular complexity index is 462. The van der Waals surface area contributed by atoms with Crippen LogP contribution in [0.25, 0.3) is 11.1 Å². The molecule has 0 saturated carbocycles. The molecule has 1 aromatic carbocycles. The summed E-state index contributed by atoms with van der Waals surface area (Å²) in [5.74, 6) is 0. The van der Waals surface area contributed by atoms with E-state index in [1.165, 1.54) is 6.26 Å². The van der Waals surface area contributed by atoms with Crippen LogP contribution in [0.4, 0.5) is 0 Å². The van der Waals surface area contributed by atoms with Crippen molar-refractivity contribution in [1.29, 1.82) is 0 Å². The zero-order chi connectivity index (χ0) is 10.8. The zero-order valence-electron chi connectivity index (χ0n) is 8.34. The SMILES string of the molecule is Cc1ccccc1-c1ccoc1B(O)O. The largest absolute Gasteiger partial charge is 0.527 e. The van der Waals surface area contributed by atoms with E-state index in [-0.39, 0.29) is 5.66 Å². The molecule has 1 aromatic heterocycles. The topological polar surface area (TPSA) is 53.6 Å². The minimum atomic E-state index is -1.57. The Morgan fingerprint density at radius 1 is 1.07 bits per heavy atom. The van der Waals surface area contributed by atoms with Crippen molar-refractivity contribution >= 4 is 12.8 Å². The van der Waals surface area contributed by atoms with Crippen LogP contribution in [0.3, 0.4) is 0 Å². The fourth-order valence-electron chi connectivity index (χ4n) is 1.62. The molecule has 2 aromatic rings. The van der Waals surface area contributed by atoms with E-state index in [1.807, 2.05) is 31.2 Å². The molecule has 0 bridgehead atoms. The van der Waals surface area contributed by atoms with Crippen molar-refractivity contribution in [2.24, 2.45) is 0 Å². The fourth-order valence-corrected chi connectivity index (χ4v) is 1.62. The number of benzene rings is 1. The molecule has 0 spiro atoms. The Hall–Kier alpha value is -1.52. The smallest absolute Gasteiger partial charge is 0.472 e. The van der Waals surface area contributed by atoms with Crippen LogP contribution in [0.15, 0.2) is 41.0 Å². The molecular weight excluding hydrogens is 191 g/mol. The summed E-state index contributed by atoms with van der Waals surface area (Å²) in [5.41, 5.74) is 2.93. The lowest BCUT2D eigenvalue weighted by Crippen LogP contribution is -2.29. The average molecular weight is 202 g/mol. The van der Waals surface area contributed by atoms with E-state index >= 15 is 0 Å². The van der Waals surface area contributed by atoms with Gasteiger partial charge in [0.15, 0.2) is 0 Å². The van der Waals surface area contributed by atoms with E-state index in [4.69, 9.17) is 14.5 Å². The molecule has 76 valence electrons. The van der Waals surface area contributed by atoms with Crippen LogP contribution in [-0.4, -0.2) is 17.2 Å². The first kappa shape index (κ1) is 10.0. The molecule has 4 heteroatoms. The second-order valence-corrected chi connectivity index (χ2v) is 3.39. The predicted molar refractivity (Wildman–Crippen MR) is 58.7 cm³/mol. The molecule has 1 heterocycles. The zero-order valence-corrected chi connectivity index (χ0v) is 8.34. The highest BCUT2D eigenvalue weighted by Gasteiger charge is 2.21. The minimum Gasteiger partial charge on any atom is -0.472 e. The molecule has 0 aliphatic carbocycles.